The number of rotatable bonds is 4. The van der Waals surface area contributed by atoms with E-state index in [2.05, 4.69) is 27.0 Å². The van der Waals surface area contributed by atoms with Crippen LogP contribution in [0.3, 0.4) is 0 Å². The van der Waals surface area contributed by atoms with Crippen LogP contribution in [0.25, 0.3) is 11.1 Å². The molecule has 0 radical (unpaired) electrons. The molecule has 38 heavy (non-hydrogen) atoms. The number of aromatic nitrogens is 2. The standard InChI is InChI=1S/C27H30ClF3N6O/c1-18-16-33-37(25(18)27(29,30)31)22-3-2-10-36(17-22)24-15-20(28)6-9-23(24)19-4-7-21(8-5-19)34-11-13-35(14-12-34)26(32)38/h4-9,15-16,22H,2-3,10-14,17H2,1H3,(H2,32,38). The van der Waals surface area contributed by atoms with Gasteiger partial charge in [-0.25, -0.2) is 4.79 Å². The number of carbonyl (C=O) groups excluding carboxylic acids is 1. The number of carbonyl (C=O) groups is 1. The smallest absolute Gasteiger partial charge is 0.369 e. The van der Waals surface area contributed by atoms with Crippen LogP contribution in [-0.2, 0) is 6.18 Å². The average Bonchev–Trinajstić information content (AvgIpc) is 3.31. The third kappa shape index (κ3) is 5.27. The summed E-state index contributed by atoms with van der Waals surface area (Å²) in [5.41, 5.74) is 8.75. The summed E-state index contributed by atoms with van der Waals surface area (Å²) in [6.45, 7) is 5.14. The summed E-state index contributed by atoms with van der Waals surface area (Å²) in [6.07, 6.45) is -1.81. The Kier molecular flexibility index (Phi) is 7.17. The van der Waals surface area contributed by atoms with Crippen LogP contribution in [0, 0.1) is 6.92 Å². The maximum atomic E-state index is 13.8. The number of benzene rings is 2. The molecule has 2 fully saturated rings. The molecule has 2 N–H and O–H groups in total. The number of piperidine rings is 1. The van der Waals surface area contributed by atoms with Gasteiger partial charge >= 0.3 is 12.2 Å². The Labute approximate surface area is 224 Å². The number of halogens is 4. The Morgan fingerprint density at radius 3 is 2.39 bits per heavy atom. The van der Waals surface area contributed by atoms with E-state index >= 15 is 0 Å². The molecule has 2 aromatic carbocycles. The molecule has 2 aliphatic heterocycles. The first-order valence-electron chi connectivity index (χ1n) is 12.7. The number of anilines is 2. The second-order valence-electron chi connectivity index (χ2n) is 9.88. The molecular weight excluding hydrogens is 517 g/mol. The fourth-order valence-electron chi connectivity index (χ4n) is 5.50. The summed E-state index contributed by atoms with van der Waals surface area (Å²) >= 11 is 6.39. The van der Waals surface area contributed by atoms with Crippen LogP contribution in [-0.4, -0.2) is 60.0 Å². The molecule has 0 spiro atoms. The number of nitrogens with two attached hydrogens (primary N) is 1. The largest absolute Gasteiger partial charge is 0.433 e. The van der Waals surface area contributed by atoms with Crippen molar-refractivity contribution in [2.24, 2.45) is 5.73 Å². The van der Waals surface area contributed by atoms with Gasteiger partial charge in [-0.2, -0.15) is 18.3 Å². The number of alkyl halides is 3. The van der Waals surface area contributed by atoms with E-state index in [1.54, 1.807) is 4.90 Å². The molecule has 202 valence electrons. The molecule has 5 rings (SSSR count). The molecular formula is C27H30ClF3N6O. The molecule has 2 aliphatic rings. The summed E-state index contributed by atoms with van der Waals surface area (Å²) in [5.74, 6) is 0. The Hall–Kier alpha value is -3.40. The predicted octanol–water partition coefficient (Wildman–Crippen LogP) is 5.57. The zero-order chi connectivity index (χ0) is 27.0. The highest BCUT2D eigenvalue weighted by atomic mass is 35.5. The van der Waals surface area contributed by atoms with Gasteiger partial charge in [-0.15, -0.1) is 0 Å². The lowest BCUT2D eigenvalue weighted by Crippen LogP contribution is -2.50. The normalized spacial score (nSPS) is 18.7. The van der Waals surface area contributed by atoms with Crippen LogP contribution in [0.15, 0.2) is 48.7 Å². The van der Waals surface area contributed by atoms with Gasteiger partial charge in [0.05, 0.1) is 12.2 Å². The van der Waals surface area contributed by atoms with Crippen molar-refractivity contribution in [3.63, 3.8) is 0 Å². The van der Waals surface area contributed by atoms with Crippen LogP contribution >= 0.6 is 11.6 Å². The Morgan fingerprint density at radius 1 is 1.03 bits per heavy atom. The van der Waals surface area contributed by atoms with Crippen LogP contribution in [0.2, 0.25) is 5.02 Å². The van der Waals surface area contributed by atoms with Crippen LogP contribution < -0.4 is 15.5 Å². The highest BCUT2D eigenvalue weighted by Gasteiger charge is 2.39. The first-order valence-corrected chi connectivity index (χ1v) is 13.0. The Balaban J connectivity index is 1.38. The molecule has 1 aromatic heterocycles. The summed E-state index contributed by atoms with van der Waals surface area (Å²) in [7, 11) is 0. The second kappa shape index (κ2) is 10.4. The maximum absolute atomic E-state index is 13.8. The van der Waals surface area contributed by atoms with Crippen molar-refractivity contribution in [2.45, 2.75) is 32.0 Å². The number of urea groups is 1. The molecule has 7 nitrogen and oxygen atoms in total. The minimum atomic E-state index is -4.46. The molecule has 0 saturated carbocycles. The lowest BCUT2D eigenvalue weighted by atomic mass is 9.99. The van der Waals surface area contributed by atoms with Crippen molar-refractivity contribution in [3.8, 4) is 11.1 Å². The summed E-state index contributed by atoms with van der Waals surface area (Å²) in [6, 6.07) is 13.1. The highest BCUT2D eigenvalue weighted by Crippen LogP contribution is 2.39. The van der Waals surface area contributed by atoms with Crippen molar-refractivity contribution in [1.82, 2.24) is 14.7 Å². The fraction of sp³-hybridized carbons (Fsp3) is 0.407. The van der Waals surface area contributed by atoms with Gasteiger partial charge in [0.2, 0.25) is 0 Å². The summed E-state index contributed by atoms with van der Waals surface area (Å²) in [5, 5.41) is 4.68. The van der Waals surface area contributed by atoms with E-state index < -0.39 is 23.9 Å². The number of hydrogen-bond acceptors (Lipinski definition) is 4. The van der Waals surface area contributed by atoms with Crippen molar-refractivity contribution in [3.05, 3.63) is 64.9 Å². The summed E-state index contributed by atoms with van der Waals surface area (Å²) < 4.78 is 42.4. The van der Waals surface area contributed by atoms with Gasteiger partial charge in [-0.05, 0) is 55.2 Å². The number of hydrogen-bond donors (Lipinski definition) is 1. The van der Waals surface area contributed by atoms with Crippen LogP contribution in [0.4, 0.5) is 29.3 Å². The van der Waals surface area contributed by atoms with E-state index in [0.29, 0.717) is 50.7 Å². The SMILES string of the molecule is Cc1cnn(C2CCCN(c3cc(Cl)ccc3-c3ccc(N4CCN(C(N)=O)CC4)cc3)C2)c1C(F)(F)F. The lowest BCUT2D eigenvalue weighted by Gasteiger charge is -2.36. The highest BCUT2D eigenvalue weighted by molar-refractivity contribution is 6.31. The summed E-state index contributed by atoms with van der Waals surface area (Å²) in [4.78, 5) is 17.4. The maximum Gasteiger partial charge on any atom is 0.433 e. The van der Waals surface area contributed by atoms with E-state index in [9.17, 15) is 18.0 Å². The molecule has 2 amide bonds. The first-order chi connectivity index (χ1) is 18.1. The van der Waals surface area contributed by atoms with Crippen molar-refractivity contribution >= 4 is 29.0 Å². The molecule has 1 atom stereocenters. The van der Waals surface area contributed by atoms with Crippen LogP contribution in [0.5, 0.6) is 0 Å². The van der Waals surface area contributed by atoms with Gasteiger partial charge in [0.25, 0.3) is 0 Å². The quantitative estimate of drug-likeness (QED) is 0.464. The number of amides is 2. The fourth-order valence-corrected chi connectivity index (χ4v) is 5.67. The predicted molar refractivity (Wildman–Crippen MR) is 143 cm³/mol. The molecule has 2 saturated heterocycles. The molecule has 11 heteroatoms. The topological polar surface area (TPSA) is 70.6 Å². The van der Waals surface area contributed by atoms with Crippen LogP contribution in [0.1, 0.15) is 30.1 Å². The van der Waals surface area contributed by atoms with Crippen molar-refractivity contribution in [2.75, 3.05) is 49.1 Å². The molecule has 3 heterocycles. The minimum absolute atomic E-state index is 0.134. The monoisotopic (exact) mass is 546 g/mol. The van der Waals surface area contributed by atoms with Gasteiger partial charge in [-0.3, -0.25) is 4.68 Å². The molecule has 3 aromatic rings. The third-order valence-electron chi connectivity index (χ3n) is 7.42. The first kappa shape index (κ1) is 26.2. The zero-order valence-electron chi connectivity index (χ0n) is 21.1. The van der Waals surface area contributed by atoms with E-state index in [1.165, 1.54) is 13.1 Å². The number of nitrogens with zero attached hydrogens (tertiary/aromatic N) is 5. The van der Waals surface area contributed by atoms with Crippen molar-refractivity contribution in [1.29, 1.82) is 0 Å². The molecule has 1 unspecified atom stereocenters. The molecule has 0 aliphatic carbocycles. The van der Waals surface area contributed by atoms with E-state index in [-0.39, 0.29) is 5.56 Å². The molecule has 0 bridgehead atoms. The van der Waals surface area contributed by atoms with Gasteiger partial charge < -0.3 is 20.4 Å². The second-order valence-corrected chi connectivity index (χ2v) is 10.3. The number of primary amides is 1. The van der Waals surface area contributed by atoms with Gasteiger partial charge in [-0.1, -0.05) is 29.8 Å². The number of aryl methyl sites for hydroxylation is 1. The third-order valence-corrected chi connectivity index (χ3v) is 7.66. The van der Waals surface area contributed by atoms with Gasteiger partial charge in [0.15, 0.2) is 0 Å². The zero-order valence-corrected chi connectivity index (χ0v) is 21.8. The minimum Gasteiger partial charge on any atom is -0.369 e. The van der Waals surface area contributed by atoms with Crippen molar-refractivity contribution < 1.29 is 18.0 Å². The van der Waals surface area contributed by atoms with Gasteiger partial charge in [0.1, 0.15) is 5.69 Å². The van der Waals surface area contributed by atoms with E-state index in [4.69, 9.17) is 17.3 Å². The van der Waals surface area contributed by atoms with E-state index in [1.807, 2.05) is 30.3 Å². The average molecular weight is 547 g/mol. The Bertz CT molecular complexity index is 1300. The number of piperazine rings is 1. The van der Waals surface area contributed by atoms with E-state index in [0.717, 1.165) is 33.6 Å². The Morgan fingerprint density at radius 2 is 1.74 bits per heavy atom. The van der Waals surface area contributed by atoms with Gasteiger partial charge in [0, 0.05) is 61.2 Å². The lowest BCUT2D eigenvalue weighted by molar-refractivity contribution is -0.145.